The second kappa shape index (κ2) is 6.29. The smallest absolute Gasteiger partial charge is 0.263 e. The fourth-order valence-electron chi connectivity index (χ4n) is 3.21. The fourth-order valence-corrected chi connectivity index (χ4v) is 5.71. The molecule has 0 saturated carbocycles. The van der Waals surface area contributed by atoms with Crippen LogP contribution in [0.2, 0.25) is 0 Å². The summed E-state index contributed by atoms with van der Waals surface area (Å²) in [5.74, 6) is 0. The van der Waals surface area contributed by atoms with Crippen LogP contribution >= 0.6 is 0 Å². The van der Waals surface area contributed by atoms with Crippen LogP contribution in [0, 0.1) is 17.0 Å². The third kappa shape index (κ3) is 3.29. The lowest BCUT2D eigenvalue weighted by Crippen LogP contribution is -2.36. The number of nitrogens with zero attached hydrogens (tertiary/aromatic N) is 2. The summed E-state index contributed by atoms with van der Waals surface area (Å²) < 4.78 is 50.7. The van der Waals surface area contributed by atoms with Gasteiger partial charge in [0.2, 0.25) is 10.0 Å². The Bertz CT molecular complexity index is 1160. The highest BCUT2D eigenvalue weighted by molar-refractivity contribution is 7.93. The number of rotatable bonds is 4. The number of nitro groups is 1. The van der Waals surface area contributed by atoms with Crippen LogP contribution in [0.25, 0.3) is 0 Å². The average molecular weight is 411 g/mol. The van der Waals surface area contributed by atoms with E-state index in [0.717, 1.165) is 6.07 Å². The summed E-state index contributed by atoms with van der Waals surface area (Å²) >= 11 is 0. The van der Waals surface area contributed by atoms with Gasteiger partial charge in [0.05, 0.1) is 20.4 Å². The Hall–Kier alpha value is -2.50. The molecule has 1 aliphatic heterocycles. The van der Waals surface area contributed by atoms with Gasteiger partial charge in [-0.05, 0) is 49.6 Å². The first-order chi connectivity index (χ1) is 12.4. The number of nitro benzene ring substituents is 1. The SMILES string of the molecule is Cc1ccc([N+](=O)[O-])cc1S(=O)(=O)N1c2ccc(S(N)(=O)=O)cc2CC1C. The van der Waals surface area contributed by atoms with Gasteiger partial charge < -0.3 is 0 Å². The van der Waals surface area contributed by atoms with Gasteiger partial charge in [-0.3, -0.25) is 14.4 Å². The quantitative estimate of drug-likeness (QED) is 0.599. The van der Waals surface area contributed by atoms with Crippen LogP contribution in [0.3, 0.4) is 0 Å². The lowest BCUT2D eigenvalue weighted by Gasteiger charge is -2.25. The Morgan fingerprint density at radius 3 is 2.41 bits per heavy atom. The summed E-state index contributed by atoms with van der Waals surface area (Å²) in [7, 11) is -8.00. The number of non-ortho nitro benzene ring substituents is 1. The molecule has 0 amide bonds. The minimum atomic E-state index is -4.09. The Kier molecular flexibility index (Phi) is 4.49. The minimum Gasteiger partial charge on any atom is -0.263 e. The first kappa shape index (κ1) is 19.3. The zero-order valence-corrected chi connectivity index (χ0v) is 16.1. The Morgan fingerprint density at radius 1 is 1.15 bits per heavy atom. The van der Waals surface area contributed by atoms with Crippen molar-refractivity contribution in [3.63, 3.8) is 0 Å². The van der Waals surface area contributed by atoms with Gasteiger partial charge >= 0.3 is 0 Å². The highest BCUT2D eigenvalue weighted by Crippen LogP contribution is 2.38. The lowest BCUT2D eigenvalue weighted by molar-refractivity contribution is -0.385. The van der Waals surface area contributed by atoms with Gasteiger partial charge in [-0.15, -0.1) is 0 Å². The molecule has 1 atom stereocenters. The maximum absolute atomic E-state index is 13.2. The normalized spacial score (nSPS) is 17.0. The second-order valence-electron chi connectivity index (χ2n) is 6.40. The molecule has 0 bridgehead atoms. The van der Waals surface area contributed by atoms with Crippen molar-refractivity contribution in [2.75, 3.05) is 4.31 Å². The number of anilines is 1. The second-order valence-corrected chi connectivity index (χ2v) is 9.74. The van der Waals surface area contributed by atoms with E-state index in [-0.39, 0.29) is 15.5 Å². The van der Waals surface area contributed by atoms with E-state index in [1.165, 1.54) is 34.6 Å². The van der Waals surface area contributed by atoms with E-state index in [2.05, 4.69) is 0 Å². The summed E-state index contributed by atoms with van der Waals surface area (Å²) in [5.41, 5.74) is 0.916. The molecule has 2 N–H and O–H groups in total. The summed E-state index contributed by atoms with van der Waals surface area (Å²) in [6.45, 7) is 3.24. The van der Waals surface area contributed by atoms with E-state index in [0.29, 0.717) is 23.2 Å². The molecule has 0 spiro atoms. The van der Waals surface area contributed by atoms with Gasteiger partial charge in [0, 0.05) is 18.2 Å². The van der Waals surface area contributed by atoms with Crippen molar-refractivity contribution >= 4 is 31.4 Å². The van der Waals surface area contributed by atoms with Crippen LogP contribution in [0.4, 0.5) is 11.4 Å². The van der Waals surface area contributed by atoms with Crippen LogP contribution < -0.4 is 9.44 Å². The number of fused-ring (bicyclic) bond motifs is 1. The topological polar surface area (TPSA) is 141 Å². The number of nitrogens with two attached hydrogens (primary N) is 1. The molecule has 1 heterocycles. The van der Waals surface area contributed by atoms with Crippen LogP contribution in [0.1, 0.15) is 18.1 Å². The van der Waals surface area contributed by atoms with Crippen LogP contribution in [0.15, 0.2) is 46.2 Å². The van der Waals surface area contributed by atoms with Gasteiger partial charge in [-0.2, -0.15) is 0 Å². The van der Waals surface area contributed by atoms with E-state index < -0.39 is 31.0 Å². The van der Waals surface area contributed by atoms with Gasteiger partial charge in [0.15, 0.2) is 0 Å². The molecule has 3 rings (SSSR count). The number of aryl methyl sites for hydroxylation is 1. The molecule has 1 unspecified atom stereocenters. The standard InChI is InChI=1S/C16H17N3O6S2/c1-10-3-4-13(19(20)21)9-16(10)27(24,25)18-11(2)7-12-8-14(26(17,22)23)5-6-15(12)18/h3-6,8-9,11H,7H2,1-2H3,(H2,17,22,23). The molecule has 0 radical (unpaired) electrons. The number of hydrogen-bond acceptors (Lipinski definition) is 6. The molecule has 2 aromatic carbocycles. The Morgan fingerprint density at radius 2 is 1.81 bits per heavy atom. The summed E-state index contributed by atoms with van der Waals surface area (Å²) in [5, 5.41) is 16.2. The molecule has 27 heavy (non-hydrogen) atoms. The monoisotopic (exact) mass is 411 g/mol. The van der Waals surface area contributed by atoms with Crippen molar-refractivity contribution < 1.29 is 21.8 Å². The van der Waals surface area contributed by atoms with Crippen LogP contribution in [0.5, 0.6) is 0 Å². The summed E-state index contributed by atoms with van der Waals surface area (Å²) in [6.07, 6.45) is 0.298. The molecule has 144 valence electrons. The predicted molar refractivity (Wildman–Crippen MR) is 98.5 cm³/mol. The van der Waals surface area contributed by atoms with Crippen molar-refractivity contribution in [1.29, 1.82) is 0 Å². The number of sulfonamides is 2. The number of primary sulfonamides is 1. The number of benzene rings is 2. The van der Waals surface area contributed by atoms with E-state index >= 15 is 0 Å². The molecule has 1 aliphatic rings. The van der Waals surface area contributed by atoms with Crippen molar-refractivity contribution in [3.05, 3.63) is 57.6 Å². The molecule has 0 saturated heterocycles. The van der Waals surface area contributed by atoms with E-state index in [4.69, 9.17) is 5.14 Å². The van der Waals surface area contributed by atoms with Crippen molar-refractivity contribution in [2.24, 2.45) is 5.14 Å². The first-order valence-corrected chi connectivity index (χ1v) is 10.9. The third-order valence-electron chi connectivity index (χ3n) is 4.45. The van der Waals surface area contributed by atoms with Gasteiger partial charge in [-0.1, -0.05) is 6.07 Å². The van der Waals surface area contributed by atoms with Gasteiger partial charge in [-0.25, -0.2) is 22.0 Å². The molecular weight excluding hydrogens is 394 g/mol. The van der Waals surface area contributed by atoms with E-state index in [1.807, 2.05) is 0 Å². The Balaban J connectivity index is 2.15. The maximum Gasteiger partial charge on any atom is 0.270 e. The highest BCUT2D eigenvalue weighted by atomic mass is 32.2. The molecule has 0 aromatic heterocycles. The van der Waals surface area contributed by atoms with Crippen molar-refractivity contribution in [1.82, 2.24) is 0 Å². The summed E-state index contributed by atoms with van der Waals surface area (Å²) in [4.78, 5) is 10.1. The summed E-state index contributed by atoms with van der Waals surface area (Å²) in [6, 6.07) is 7.17. The van der Waals surface area contributed by atoms with Crippen molar-refractivity contribution in [3.8, 4) is 0 Å². The zero-order valence-electron chi connectivity index (χ0n) is 14.5. The third-order valence-corrected chi connectivity index (χ3v) is 7.43. The molecule has 11 heteroatoms. The molecule has 0 aliphatic carbocycles. The van der Waals surface area contributed by atoms with E-state index in [9.17, 15) is 26.9 Å². The predicted octanol–water partition coefficient (Wildman–Crippen LogP) is 1.69. The number of hydrogen-bond donors (Lipinski definition) is 1. The van der Waals surface area contributed by atoms with Crippen molar-refractivity contribution in [2.45, 2.75) is 36.1 Å². The molecule has 2 aromatic rings. The average Bonchev–Trinajstić information content (AvgIpc) is 2.89. The zero-order chi connectivity index (χ0) is 20.1. The van der Waals surface area contributed by atoms with Crippen LogP contribution in [-0.2, 0) is 26.5 Å². The fraction of sp³-hybridized carbons (Fsp3) is 0.250. The largest absolute Gasteiger partial charge is 0.270 e. The lowest BCUT2D eigenvalue weighted by atomic mass is 10.1. The van der Waals surface area contributed by atoms with E-state index in [1.54, 1.807) is 13.8 Å². The van der Waals surface area contributed by atoms with Gasteiger partial charge in [0.25, 0.3) is 15.7 Å². The highest BCUT2D eigenvalue weighted by Gasteiger charge is 2.37. The Labute approximate surface area is 156 Å². The minimum absolute atomic E-state index is 0.0979. The molecule has 0 fully saturated rings. The first-order valence-electron chi connectivity index (χ1n) is 7.88. The van der Waals surface area contributed by atoms with Gasteiger partial charge in [0.1, 0.15) is 0 Å². The maximum atomic E-state index is 13.2. The molecule has 9 nitrogen and oxygen atoms in total. The molecular formula is C16H17N3O6S2. The van der Waals surface area contributed by atoms with Crippen LogP contribution in [-0.4, -0.2) is 27.8 Å².